The summed E-state index contributed by atoms with van der Waals surface area (Å²) in [5.74, 6) is 1.84. The molecule has 0 amide bonds. The Hall–Kier alpha value is -0.0800. The van der Waals surface area contributed by atoms with E-state index in [4.69, 9.17) is 4.74 Å². The SMILES string of the molecule is C[C@@H]1C[C@H](C2COC2)CCN1C. The molecule has 2 fully saturated rings. The molecule has 12 heavy (non-hydrogen) atoms. The molecule has 0 aromatic heterocycles. The maximum atomic E-state index is 5.24. The van der Waals surface area contributed by atoms with Crippen LogP contribution in [-0.4, -0.2) is 37.7 Å². The first kappa shape index (κ1) is 8.52. The minimum Gasteiger partial charge on any atom is -0.381 e. The Kier molecular flexibility index (Phi) is 2.37. The molecule has 0 radical (unpaired) electrons. The van der Waals surface area contributed by atoms with Crippen molar-refractivity contribution in [1.82, 2.24) is 4.90 Å². The first-order chi connectivity index (χ1) is 5.77. The average molecular weight is 169 g/mol. The Labute approximate surface area is 74.9 Å². The minimum absolute atomic E-state index is 0.782. The van der Waals surface area contributed by atoms with Gasteiger partial charge in [-0.1, -0.05) is 0 Å². The quantitative estimate of drug-likeness (QED) is 0.587. The van der Waals surface area contributed by atoms with Crippen LogP contribution in [0.1, 0.15) is 19.8 Å². The van der Waals surface area contributed by atoms with E-state index < -0.39 is 0 Å². The zero-order chi connectivity index (χ0) is 8.55. The van der Waals surface area contributed by atoms with Gasteiger partial charge >= 0.3 is 0 Å². The summed E-state index contributed by atoms with van der Waals surface area (Å²) in [6.45, 7) is 5.68. The van der Waals surface area contributed by atoms with Crippen molar-refractivity contribution in [3.05, 3.63) is 0 Å². The monoisotopic (exact) mass is 169 g/mol. The lowest BCUT2D eigenvalue weighted by Crippen LogP contribution is -2.44. The van der Waals surface area contributed by atoms with E-state index in [0.29, 0.717) is 0 Å². The number of hydrogen-bond donors (Lipinski definition) is 0. The lowest BCUT2D eigenvalue weighted by Gasteiger charge is -2.41. The molecule has 2 rings (SSSR count). The van der Waals surface area contributed by atoms with Crippen molar-refractivity contribution in [3.8, 4) is 0 Å². The van der Waals surface area contributed by atoms with Gasteiger partial charge in [-0.15, -0.1) is 0 Å². The number of rotatable bonds is 1. The van der Waals surface area contributed by atoms with Crippen LogP contribution in [0.3, 0.4) is 0 Å². The highest BCUT2D eigenvalue weighted by molar-refractivity contribution is 4.83. The standard InChI is InChI=1S/C10H19NO/c1-8-5-9(3-4-11(8)2)10-6-12-7-10/h8-10H,3-7H2,1-2H3/t8-,9-/m1/s1. The molecule has 0 spiro atoms. The van der Waals surface area contributed by atoms with Gasteiger partial charge in [0.1, 0.15) is 0 Å². The fraction of sp³-hybridized carbons (Fsp3) is 1.00. The first-order valence-electron chi connectivity index (χ1n) is 5.05. The Morgan fingerprint density at radius 2 is 2.00 bits per heavy atom. The smallest absolute Gasteiger partial charge is 0.0519 e. The van der Waals surface area contributed by atoms with E-state index in [9.17, 15) is 0 Å². The summed E-state index contributed by atoms with van der Waals surface area (Å²) in [7, 11) is 2.23. The van der Waals surface area contributed by atoms with Gasteiger partial charge in [-0.2, -0.15) is 0 Å². The highest BCUT2D eigenvalue weighted by atomic mass is 16.5. The van der Waals surface area contributed by atoms with E-state index in [1.54, 1.807) is 0 Å². The number of hydrogen-bond acceptors (Lipinski definition) is 2. The number of nitrogens with zero attached hydrogens (tertiary/aromatic N) is 1. The van der Waals surface area contributed by atoms with Crippen LogP contribution < -0.4 is 0 Å². The molecule has 0 N–H and O–H groups in total. The zero-order valence-corrected chi connectivity index (χ0v) is 8.12. The summed E-state index contributed by atoms with van der Waals surface area (Å²) in [6.07, 6.45) is 2.76. The van der Waals surface area contributed by atoms with E-state index in [1.165, 1.54) is 19.4 Å². The van der Waals surface area contributed by atoms with Crippen LogP contribution in [0.15, 0.2) is 0 Å². The molecule has 0 bridgehead atoms. The van der Waals surface area contributed by atoms with Crippen LogP contribution in [0.4, 0.5) is 0 Å². The van der Waals surface area contributed by atoms with E-state index in [2.05, 4.69) is 18.9 Å². The van der Waals surface area contributed by atoms with Crippen molar-refractivity contribution in [1.29, 1.82) is 0 Å². The molecule has 0 aliphatic carbocycles. The molecule has 2 aliphatic heterocycles. The summed E-state index contributed by atoms with van der Waals surface area (Å²) >= 11 is 0. The van der Waals surface area contributed by atoms with E-state index in [0.717, 1.165) is 31.1 Å². The molecule has 2 saturated heterocycles. The summed E-state index contributed by atoms with van der Waals surface area (Å²) in [5.41, 5.74) is 0. The van der Waals surface area contributed by atoms with Gasteiger partial charge in [0.05, 0.1) is 13.2 Å². The lowest BCUT2D eigenvalue weighted by molar-refractivity contribution is -0.0760. The Morgan fingerprint density at radius 3 is 2.50 bits per heavy atom. The van der Waals surface area contributed by atoms with Gasteiger partial charge in [-0.3, -0.25) is 0 Å². The predicted octanol–water partition coefficient (Wildman–Crippen LogP) is 1.36. The predicted molar refractivity (Wildman–Crippen MR) is 49.1 cm³/mol. The Bertz CT molecular complexity index is 156. The van der Waals surface area contributed by atoms with Gasteiger partial charge in [0.15, 0.2) is 0 Å². The molecular formula is C10H19NO. The average Bonchev–Trinajstić information content (AvgIpc) is 1.93. The van der Waals surface area contributed by atoms with Crippen LogP contribution in [0.5, 0.6) is 0 Å². The second kappa shape index (κ2) is 3.35. The topological polar surface area (TPSA) is 12.5 Å². The molecule has 2 nitrogen and oxygen atoms in total. The normalized spacial score (nSPS) is 39.5. The highest BCUT2D eigenvalue weighted by Gasteiger charge is 2.32. The van der Waals surface area contributed by atoms with Crippen molar-refractivity contribution >= 4 is 0 Å². The molecule has 70 valence electrons. The van der Waals surface area contributed by atoms with Gasteiger partial charge in [-0.25, -0.2) is 0 Å². The lowest BCUT2D eigenvalue weighted by atomic mass is 9.81. The van der Waals surface area contributed by atoms with Crippen molar-refractivity contribution in [3.63, 3.8) is 0 Å². The first-order valence-corrected chi connectivity index (χ1v) is 5.05. The third-order valence-corrected chi connectivity index (χ3v) is 3.58. The molecule has 2 heteroatoms. The van der Waals surface area contributed by atoms with Crippen molar-refractivity contribution in [2.45, 2.75) is 25.8 Å². The van der Waals surface area contributed by atoms with Crippen molar-refractivity contribution in [2.24, 2.45) is 11.8 Å². The van der Waals surface area contributed by atoms with Crippen LogP contribution in [0.2, 0.25) is 0 Å². The molecule has 0 aromatic rings. The molecular weight excluding hydrogens is 150 g/mol. The summed E-state index contributed by atoms with van der Waals surface area (Å²) in [6, 6.07) is 0.782. The molecule has 2 aliphatic rings. The van der Waals surface area contributed by atoms with Crippen molar-refractivity contribution < 1.29 is 4.74 Å². The van der Waals surface area contributed by atoms with Gasteiger partial charge < -0.3 is 9.64 Å². The minimum atomic E-state index is 0.782. The van der Waals surface area contributed by atoms with E-state index >= 15 is 0 Å². The largest absolute Gasteiger partial charge is 0.381 e. The number of ether oxygens (including phenoxy) is 1. The highest BCUT2D eigenvalue weighted by Crippen LogP contribution is 2.31. The molecule has 2 heterocycles. The summed E-state index contributed by atoms with van der Waals surface area (Å²) in [4.78, 5) is 2.47. The maximum absolute atomic E-state index is 5.24. The molecule has 2 atom stereocenters. The van der Waals surface area contributed by atoms with Crippen LogP contribution in [-0.2, 0) is 4.74 Å². The van der Waals surface area contributed by atoms with E-state index in [-0.39, 0.29) is 0 Å². The zero-order valence-electron chi connectivity index (χ0n) is 8.12. The fourth-order valence-corrected chi connectivity index (χ4v) is 2.28. The second-order valence-corrected chi connectivity index (χ2v) is 4.41. The van der Waals surface area contributed by atoms with Crippen LogP contribution >= 0.6 is 0 Å². The van der Waals surface area contributed by atoms with Gasteiger partial charge in [0.2, 0.25) is 0 Å². The third-order valence-electron chi connectivity index (χ3n) is 3.58. The van der Waals surface area contributed by atoms with Crippen molar-refractivity contribution in [2.75, 3.05) is 26.8 Å². The number of piperidine rings is 1. The maximum Gasteiger partial charge on any atom is 0.0519 e. The number of likely N-dealkylation sites (tertiary alicyclic amines) is 1. The van der Waals surface area contributed by atoms with Gasteiger partial charge in [-0.05, 0) is 39.3 Å². The van der Waals surface area contributed by atoms with Gasteiger partial charge in [0, 0.05) is 12.0 Å². The fourth-order valence-electron chi connectivity index (χ4n) is 2.28. The molecule has 0 aromatic carbocycles. The Balaban J connectivity index is 1.84. The summed E-state index contributed by atoms with van der Waals surface area (Å²) < 4.78 is 5.24. The van der Waals surface area contributed by atoms with Gasteiger partial charge in [0.25, 0.3) is 0 Å². The summed E-state index contributed by atoms with van der Waals surface area (Å²) in [5, 5.41) is 0. The third kappa shape index (κ3) is 1.50. The van der Waals surface area contributed by atoms with Crippen LogP contribution in [0, 0.1) is 11.8 Å². The second-order valence-electron chi connectivity index (χ2n) is 4.41. The van der Waals surface area contributed by atoms with Crippen LogP contribution in [0.25, 0.3) is 0 Å². The molecule has 0 saturated carbocycles. The van der Waals surface area contributed by atoms with E-state index in [1.807, 2.05) is 0 Å². The Morgan fingerprint density at radius 1 is 1.25 bits per heavy atom. The molecule has 0 unspecified atom stereocenters.